The Kier molecular flexibility index (Phi) is 3.71. The Balaban J connectivity index is 3.64. The first-order valence-corrected chi connectivity index (χ1v) is 3.96. The summed E-state index contributed by atoms with van der Waals surface area (Å²) in [6.07, 6.45) is -0.793. The fourth-order valence-corrected chi connectivity index (χ4v) is 0.815. The molecule has 0 radical (unpaired) electrons. The van der Waals surface area contributed by atoms with Crippen LogP contribution in [0.15, 0.2) is 0 Å². The molecule has 0 aromatic heterocycles. The van der Waals surface area contributed by atoms with Gasteiger partial charge in [0.15, 0.2) is 13.3 Å². The molecule has 0 amide bonds. The van der Waals surface area contributed by atoms with Crippen LogP contribution in [-0.2, 0) is 9.36 Å². The number of carbonyl (C=O) groups excluding carboxylic acids is 1. The molecule has 0 heterocycles. The van der Waals surface area contributed by atoms with Crippen molar-refractivity contribution in [3.8, 4) is 0 Å². The predicted octanol–water partition coefficient (Wildman–Crippen LogP) is 1.41. The van der Waals surface area contributed by atoms with Gasteiger partial charge in [-0.15, -0.1) is 0 Å². The van der Waals surface area contributed by atoms with E-state index in [2.05, 4.69) is 0 Å². The average Bonchev–Trinajstić information content (AvgIpc) is 1.84. The van der Waals surface area contributed by atoms with Crippen molar-refractivity contribution in [2.45, 2.75) is 13.3 Å². The van der Waals surface area contributed by atoms with Gasteiger partial charge in [-0.1, -0.05) is 6.92 Å². The first-order chi connectivity index (χ1) is 3.72. The van der Waals surface area contributed by atoms with E-state index >= 15 is 0 Å². The molecular weight excluding hydrogens is 130 g/mol. The van der Waals surface area contributed by atoms with Gasteiger partial charge in [-0.05, 0) is 0 Å². The zero-order valence-corrected chi connectivity index (χ0v) is 5.61. The van der Waals surface area contributed by atoms with E-state index in [9.17, 15) is 13.8 Å². The van der Waals surface area contributed by atoms with Crippen molar-refractivity contribution >= 4 is 13.3 Å². The van der Waals surface area contributed by atoms with Crippen molar-refractivity contribution in [1.29, 1.82) is 0 Å². The predicted molar refractivity (Wildman–Crippen MR) is 30.3 cm³/mol. The molecule has 8 heavy (non-hydrogen) atoms. The van der Waals surface area contributed by atoms with E-state index in [0.717, 1.165) is 0 Å². The van der Waals surface area contributed by atoms with Crippen LogP contribution >= 0.6 is 7.80 Å². The summed E-state index contributed by atoms with van der Waals surface area (Å²) in [5, 5.41) is 0. The van der Waals surface area contributed by atoms with Crippen molar-refractivity contribution in [1.82, 2.24) is 0 Å². The number of carbonyl (C=O) groups is 1. The van der Waals surface area contributed by atoms with E-state index in [1.54, 1.807) is 6.92 Å². The first kappa shape index (κ1) is 7.83. The Morgan fingerprint density at radius 1 is 1.75 bits per heavy atom. The third-order valence-corrected chi connectivity index (χ3v) is 1.97. The maximum Gasteiger partial charge on any atom is 0.191 e. The summed E-state index contributed by atoms with van der Waals surface area (Å²) in [6, 6.07) is 0. The van der Waals surface area contributed by atoms with Gasteiger partial charge in [0.05, 0.1) is 0 Å². The molecule has 0 fully saturated rings. The Bertz CT molecular complexity index is 98.6. The molecule has 0 aromatic rings. The van der Waals surface area contributed by atoms with Crippen molar-refractivity contribution < 1.29 is 13.8 Å². The van der Waals surface area contributed by atoms with Gasteiger partial charge >= 0.3 is 0 Å². The molecule has 0 spiro atoms. The Morgan fingerprint density at radius 3 is 2.38 bits per heavy atom. The van der Waals surface area contributed by atoms with Gasteiger partial charge < -0.3 is 4.57 Å². The lowest BCUT2D eigenvalue weighted by Crippen LogP contribution is -1.86. The number of hydrogen-bond acceptors (Lipinski definition) is 2. The van der Waals surface area contributed by atoms with Gasteiger partial charge in [-0.25, -0.2) is 4.39 Å². The van der Waals surface area contributed by atoms with E-state index in [4.69, 9.17) is 0 Å². The molecule has 0 bridgehead atoms. The molecule has 0 aromatic carbocycles. The maximum atomic E-state index is 11.3. The second-order valence-electron chi connectivity index (χ2n) is 1.33. The van der Waals surface area contributed by atoms with Crippen LogP contribution in [0.2, 0.25) is 0 Å². The highest BCUT2D eigenvalue weighted by molar-refractivity contribution is 7.63. The number of halogens is 1. The molecule has 1 unspecified atom stereocenters. The second-order valence-corrected chi connectivity index (χ2v) is 3.00. The van der Waals surface area contributed by atoms with Crippen LogP contribution < -0.4 is 0 Å². The smallest absolute Gasteiger partial charge is 0.191 e. The SMILES string of the molecule is CCC(=O)[PH](=O)CF. The van der Waals surface area contributed by atoms with Gasteiger partial charge in [-0.2, -0.15) is 0 Å². The molecule has 0 aliphatic carbocycles. The van der Waals surface area contributed by atoms with E-state index in [1.165, 1.54) is 0 Å². The fourth-order valence-electron chi connectivity index (χ4n) is 0.272. The van der Waals surface area contributed by atoms with Crippen LogP contribution in [0, 0.1) is 0 Å². The zero-order valence-electron chi connectivity index (χ0n) is 4.61. The number of alkyl halides is 1. The first-order valence-electron chi connectivity index (χ1n) is 2.34. The number of hydrogen-bond donors (Lipinski definition) is 0. The molecule has 0 saturated heterocycles. The van der Waals surface area contributed by atoms with Crippen LogP contribution in [0.4, 0.5) is 4.39 Å². The van der Waals surface area contributed by atoms with Crippen LogP contribution in [0.25, 0.3) is 0 Å². The van der Waals surface area contributed by atoms with Gasteiger partial charge in [0.1, 0.15) is 6.42 Å². The van der Waals surface area contributed by atoms with Crippen LogP contribution in [0.3, 0.4) is 0 Å². The lowest BCUT2D eigenvalue weighted by atomic mass is 10.6. The normalized spacial score (nSPS) is 13.2. The fraction of sp³-hybridized carbons (Fsp3) is 0.750. The Hall–Kier alpha value is -0.170. The highest BCUT2D eigenvalue weighted by atomic mass is 31.1. The maximum absolute atomic E-state index is 11.3. The standard InChI is InChI=1S/C4H8FO2P/c1-2-4(6)8(7)3-5/h8H,2-3H2,1H3. The Labute approximate surface area is 47.9 Å². The average molecular weight is 138 g/mol. The number of rotatable bonds is 3. The largest absolute Gasteiger partial charge is 0.316 e. The summed E-state index contributed by atoms with van der Waals surface area (Å²) >= 11 is 0. The van der Waals surface area contributed by atoms with Crippen LogP contribution in [0.5, 0.6) is 0 Å². The highest BCUT2D eigenvalue weighted by Gasteiger charge is 2.05. The summed E-state index contributed by atoms with van der Waals surface area (Å²) in [7, 11) is -2.51. The lowest BCUT2D eigenvalue weighted by Gasteiger charge is -1.87. The summed E-state index contributed by atoms with van der Waals surface area (Å²) in [6.45, 7) is 1.57. The molecular formula is C4H8FO2P. The molecule has 2 nitrogen and oxygen atoms in total. The zero-order chi connectivity index (χ0) is 6.57. The molecule has 0 aliphatic heterocycles. The monoisotopic (exact) mass is 138 g/mol. The van der Waals surface area contributed by atoms with Gasteiger partial charge in [0.25, 0.3) is 0 Å². The molecule has 0 rings (SSSR count). The second kappa shape index (κ2) is 3.79. The Morgan fingerprint density at radius 2 is 2.25 bits per heavy atom. The van der Waals surface area contributed by atoms with E-state index < -0.39 is 19.7 Å². The van der Waals surface area contributed by atoms with Crippen molar-refractivity contribution in [2.75, 3.05) is 6.42 Å². The molecule has 4 heteroatoms. The minimum absolute atomic E-state index is 0.182. The molecule has 48 valence electrons. The van der Waals surface area contributed by atoms with Crippen molar-refractivity contribution in [2.24, 2.45) is 0 Å². The lowest BCUT2D eigenvalue weighted by molar-refractivity contribution is -0.111. The van der Waals surface area contributed by atoms with Crippen molar-refractivity contribution in [3.05, 3.63) is 0 Å². The summed E-state index contributed by atoms with van der Waals surface area (Å²) in [5.41, 5.74) is -0.447. The molecule has 0 N–H and O–H groups in total. The third-order valence-electron chi connectivity index (χ3n) is 0.753. The van der Waals surface area contributed by atoms with Crippen molar-refractivity contribution in [3.63, 3.8) is 0 Å². The van der Waals surface area contributed by atoms with Crippen LogP contribution in [0.1, 0.15) is 13.3 Å². The van der Waals surface area contributed by atoms with E-state index in [-0.39, 0.29) is 6.42 Å². The highest BCUT2D eigenvalue weighted by Crippen LogP contribution is 2.22. The summed E-state index contributed by atoms with van der Waals surface area (Å²) in [5.74, 6) is 0. The van der Waals surface area contributed by atoms with E-state index in [1.807, 2.05) is 0 Å². The van der Waals surface area contributed by atoms with Gasteiger partial charge in [0.2, 0.25) is 0 Å². The van der Waals surface area contributed by atoms with Crippen LogP contribution in [-0.4, -0.2) is 11.9 Å². The molecule has 1 atom stereocenters. The third kappa shape index (κ3) is 2.22. The minimum atomic E-state index is -2.51. The quantitative estimate of drug-likeness (QED) is 0.552. The minimum Gasteiger partial charge on any atom is -0.316 e. The van der Waals surface area contributed by atoms with Gasteiger partial charge in [0, 0.05) is 6.42 Å². The van der Waals surface area contributed by atoms with E-state index in [0.29, 0.717) is 0 Å². The topological polar surface area (TPSA) is 34.1 Å². The summed E-state index contributed by atoms with van der Waals surface area (Å²) < 4.78 is 21.5. The summed E-state index contributed by atoms with van der Waals surface area (Å²) in [4.78, 5) is 10.2. The molecule has 0 saturated carbocycles. The van der Waals surface area contributed by atoms with Gasteiger partial charge in [-0.3, -0.25) is 4.79 Å². The molecule has 0 aliphatic rings.